The molecule has 6 nitrogen and oxygen atoms in total. The second-order valence-corrected chi connectivity index (χ2v) is 8.46. The number of fused-ring (bicyclic) bond motifs is 1. The Morgan fingerprint density at radius 1 is 1.09 bits per heavy atom. The first-order valence-electron chi connectivity index (χ1n) is 11.5. The third-order valence-corrected chi connectivity index (χ3v) is 6.05. The van der Waals surface area contributed by atoms with Gasteiger partial charge in [-0.3, -0.25) is 9.59 Å². The molecule has 0 saturated heterocycles. The number of anilines is 1. The molecule has 1 atom stereocenters. The number of hydrogen-bond acceptors (Lipinski definition) is 5. The van der Waals surface area contributed by atoms with Crippen LogP contribution in [-0.4, -0.2) is 36.5 Å². The van der Waals surface area contributed by atoms with E-state index in [9.17, 15) is 9.59 Å². The number of carbonyl (C=O) groups excluding carboxylic acids is 2. The van der Waals surface area contributed by atoms with Gasteiger partial charge in [0.2, 0.25) is 5.91 Å². The second-order valence-electron chi connectivity index (χ2n) is 8.46. The van der Waals surface area contributed by atoms with Crippen molar-refractivity contribution in [1.29, 1.82) is 5.26 Å². The van der Waals surface area contributed by atoms with Gasteiger partial charge in [-0.1, -0.05) is 66.7 Å². The Kier molecular flexibility index (Phi) is 7.59. The fourth-order valence-electron chi connectivity index (χ4n) is 4.07. The number of benzene rings is 3. The predicted molar refractivity (Wildman–Crippen MR) is 136 cm³/mol. The topological polar surface area (TPSA) is 82.4 Å². The smallest absolute Gasteiger partial charge is 0.308 e. The minimum absolute atomic E-state index is 0.0398. The highest BCUT2D eigenvalue weighted by Gasteiger charge is 2.31. The average molecular weight is 466 g/mol. The van der Waals surface area contributed by atoms with Gasteiger partial charge in [0.25, 0.3) is 0 Å². The number of nitrogens with zero attached hydrogens (tertiary/aromatic N) is 2. The molecule has 6 heteroatoms. The summed E-state index contributed by atoms with van der Waals surface area (Å²) < 4.78 is 4.84. The molecule has 176 valence electrons. The van der Waals surface area contributed by atoms with Crippen LogP contribution in [-0.2, 0) is 27.3 Å². The van der Waals surface area contributed by atoms with E-state index < -0.39 is 12.0 Å². The number of nitriles is 1. The molecule has 0 saturated carbocycles. The number of hydrogen-bond donors (Lipinski definition) is 1. The summed E-state index contributed by atoms with van der Waals surface area (Å²) in [5, 5.41) is 12.3. The van der Waals surface area contributed by atoms with Gasteiger partial charge in [-0.25, -0.2) is 0 Å². The van der Waals surface area contributed by atoms with Crippen molar-refractivity contribution in [3.63, 3.8) is 0 Å². The molecule has 35 heavy (non-hydrogen) atoms. The molecule has 3 aromatic carbocycles. The highest BCUT2D eigenvalue weighted by Crippen LogP contribution is 2.27. The maximum atomic E-state index is 13.4. The molecule has 1 unspecified atom stereocenters. The Morgan fingerprint density at radius 2 is 1.80 bits per heavy atom. The fourth-order valence-corrected chi connectivity index (χ4v) is 4.07. The van der Waals surface area contributed by atoms with Crippen LogP contribution in [0, 0.1) is 11.3 Å². The summed E-state index contributed by atoms with van der Waals surface area (Å²) in [5.74, 6) is -0.545. The number of ether oxygens (including phenoxy) is 1. The summed E-state index contributed by atoms with van der Waals surface area (Å²) in [6, 6.07) is 24.9. The third-order valence-electron chi connectivity index (χ3n) is 6.05. The number of esters is 1. The summed E-state index contributed by atoms with van der Waals surface area (Å²) in [6.45, 7) is 1.02. The van der Waals surface area contributed by atoms with Crippen LogP contribution in [0.5, 0.6) is 0 Å². The van der Waals surface area contributed by atoms with E-state index >= 15 is 0 Å². The van der Waals surface area contributed by atoms with Gasteiger partial charge in [0.15, 0.2) is 0 Å². The van der Waals surface area contributed by atoms with Crippen molar-refractivity contribution in [2.45, 2.75) is 25.4 Å². The summed E-state index contributed by atoms with van der Waals surface area (Å²) in [6.07, 6.45) is 4.65. The minimum Gasteiger partial charge on any atom is -0.469 e. The molecule has 0 aromatic heterocycles. The van der Waals surface area contributed by atoms with Gasteiger partial charge < -0.3 is 15.0 Å². The van der Waals surface area contributed by atoms with Crippen molar-refractivity contribution in [2.75, 3.05) is 19.0 Å². The molecule has 0 radical (unpaired) electrons. The lowest BCUT2D eigenvalue weighted by Gasteiger charge is -2.24. The van der Waals surface area contributed by atoms with E-state index in [1.165, 1.54) is 7.11 Å². The number of carbonyl (C=O) groups is 2. The zero-order valence-electron chi connectivity index (χ0n) is 19.6. The Labute approximate surface area is 205 Å². The Hall–Kier alpha value is -4.37. The van der Waals surface area contributed by atoms with Gasteiger partial charge in [0, 0.05) is 18.8 Å². The van der Waals surface area contributed by atoms with E-state index in [1.807, 2.05) is 77.7 Å². The second kappa shape index (κ2) is 11.2. The molecule has 0 aliphatic carbocycles. The Bertz CT molecular complexity index is 1260. The molecule has 3 aromatic rings. The van der Waals surface area contributed by atoms with Gasteiger partial charge in [-0.05, 0) is 46.9 Å². The summed E-state index contributed by atoms with van der Waals surface area (Å²) in [4.78, 5) is 27.2. The average Bonchev–Trinajstić information content (AvgIpc) is 3.02. The fraction of sp³-hybridized carbons (Fsp3) is 0.207. The molecular formula is C29H27N3O3. The lowest BCUT2D eigenvalue weighted by molar-refractivity contribution is -0.144. The molecule has 1 aliphatic rings. The van der Waals surface area contributed by atoms with Crippen LogP contribution < -0.4 is 5.32 Å². The van der Waals surface area contributed by atoms with Crippen LogP contribution in [0.25, 0.3) is 12.2 Å². The van der Waals surface area contributed by atoms with Gasteiger partial charge in [0.1, 0.15) is 6.04 Å². The van der Waals surface area contributed by atoms with E-state index in [2.05, 4.69) is 11.4 Å². The molecule has 0 bridgehead atoms. The molecule has 0 fully saturated rings. The first kappa shape index (κ1) is 23.8. The quantitative estimate of drug-likeness (QED) is 0.405. The SMILES string of the molecule is COC(=O)CC1Nc2cc(C=Cc3ccc(C#N)cc3)ccc2CN(CCc2ccccc2)C1=O. The van der Waals surface area contributed by atoms with E-state index in [4.69, 9.17) is 10.00 Å². The third kappa shape index (κ3) is 6.15. The molecule has 1 heterocycles. The molecule has 4 rings (SSSR count). The van der Waals surface area contributed by atoms with Crippen molar-refractivity contribution < 1.29 is 14.3 Å². The standard InChI is InChI=1S/C29H27N3O3/c1-35-28(33)18-27-29(34)32(16-15-21-5-3-2-4-6-21)20-25-14-13-23(17-26(25)31-27)10-7-22-8-11-24(19-30)12-9-22/h2-14,17,27,31H,15-16,18,20H2,1H3. The van der Waals surface area contributed by atoms with Crippen molar-refractivity contribution in [1.82, 2.24) is 4.90 Å². The maximum Gasteiger partial charge on any atom is 0.308 e. The first-order chi connectivity index (χ1) is 17.1. The van der Waals surface area contributed by atoms with Crippen molar-refractivity contribution in [3.8, 4) is 6.07 Å². The normalized spacial score (nSPS) is 15.1. The van der Waals surface area contributed by atoms with Crippen LogP contribution in [0.2, 0.25) is 0 Å². The molecular weight excluding hydrogens is 438 g/mol. The van der Waals surface area contributed by atoms with E-state index in [0.717, 1.165) is 34.4 Å². The van der Waals surface area contributed by atoms with Gasteiger partial charge in [-0.15, -0.1) is 0 Å². The van der Waals surface area contributed by atoms with E-state index in [1.54, 1.807) is 12.1 Å². The van der Waals surface area contributed by atoms with E-state index in [-0.39, 0.29) is 12.3 Å². The van der Waals surface area contributed by atoms with Crippen LogP contribution in [0.1, 0.15) is 34.2 Å². The zero-order valence-corrected chi connectivity index (χ0v) is 19.6. The lowest BCUT2D eigenvalue weighted by atomic mass is 10.1. The van der Waals surface area contributed by atoms with Crippen molar-refractivity contribution in [2.24, 2.45) is 0 Å². The number of rotatable bonds is 7. The van der Waals surface area contributed by atoms with Crippen molar-refractivity contribution >= 4 is 29.7 Å². The summed E-state index contributed by atoms with van der Waals surface area (Å²) >= 11 is 0. The number of amides is 1. The highest BCUT2D eigenvalue weighted by atomic mass is 16.5. The van der Waals surface area contributed by atoms with Crippen LogP contribution in [0.4, 0.5) is 5.69 Å². The first-order valence-corrected chi connectivity index (χ1v) is 11.5. The molecule has 0 spiro atoms. The van der Waals surface area contributed by atoms with Crippen molar-refractivity contribution in [3.05, 3.63) is 101 Å². The largest absolute Gasteiger partial charge is 0.469 e. The van der Waals surface area contributed by atoms with Gasteiger partial charge >= 0.3 is 5.97 Å². The maximum absolute atomic E-state index is 13.4. The van der Waals surface area contributed by atoms with Gasteiger partial charge in [-0.2, -0.15) is 5.26 Å². The van der Waals surface area contributed by atoms with Gasteiger partial charge in [0.05, 0.1) is 25.2 Å². The van der Waals surface area contributed by atoms with Crippen LogP contribution >= 0.6 is 0 Å². The summed E-state index contributed by atoms with van der Waals surface area (Å²) in [5.41, 5.74) is 5.55. The Morgan fingerprint density at radius 3 is 2.51 bits per heavy atom. The highest BCUT2D eigenvalue weighted by molar-refractivity contribution is 5.90. The molecule has 1 aliphatic heterocycles. The summed E-state index contributed by atoms with van der Waals surface area (Å²) in [7, 11) is 1.33. The van der Waals surface area contributed by atoms with E-state index in [0.29, 0.717) is 18.7 Å². The minimum atomic E-state index is -0.697. The number of methoxy groups -OCH3 is 1. The monoisotopic (exact) mass is 465 g/mol. The lowest BCUT2D eigenvalue weighted by Crippen LogP contribution is -2.42. The zero-order chi connectivity index (χ0) is 24.6. The molecule has 1 amide bonds. The Balaban J connectivity index is 1.56. The van der Waals surface area contributed by atoms with Crippen LogP contribution in [0.15, 0.2) is 72.8 Å². The molecule has 1 N–H and O–H groups in total. The predicted octanol–water partition coefficient (Wildman–Crippen LogP) is 4.66. The number of nitrogens with one attached hydrogen (secondary N) is 1. The van der Waals surface area contributed by atoms with Crippen LogP contribution in [0.3, 0.4) is 0 Å².